The second-order valence-electron chi connectivity index (χ2n) is 5.39. The molecule has 0 aliphatic carbocycles. The predicted molar refractivity (Wildman–Crippen MR) is 102 cm³/mol. The Morgan fingerprint density at radius 1 is 1.25 bits per heavy atom. The first kappa shape index (κ1) is 21.5. The number of carbonyl (C=O) groups excluding carboxylic acids is 1. The Balaban J connectivity index is 2.57. The molecule has 9 nitrogen and oxygen atoms in total. The molecular weight excluding hydrogens is 412 g/mol. The number of hydrogen-bond donors (Lipinski definition) is 0. The maximum Gasteiger partial charge on any atom is 0.326 e. The Bertz CT molecular complexity index is 995. The van der Waals surface area contributed by atoms with Crippen LogP contribution in [0.15, 0.2) is 47.4 Å². The lowest BCUT2D eigenvalue weighted by Gasteiger charge is -2.23. The third-order valence-electron chi connectivity index (χ3n) is 3.62. The van der Waals surface area contributed by atoms with Crippen LogP contribution in [0.1, 0.15) is 6.92 Å². The summed E-state index contributed by atoms with van der Waals surface area (Å²) in [7, 11) is -2.91. The van der Waals surface area contributed by atoms with Crippen LogP contribution >= 0.6 is 11.6 Å². The number of ether oxygens (including phenoxy) is 2. The van der Waals surface area contributed by atoms with Crippen molar-refractivity contribution in [2.75, 3.05) is 24.6 Å². The van der Waals surface area contributed by atoms with Crippen molar-refractivity contribution in [3.05, 3.63) is 57.6 Å². The van der Waals surface area contributed by atoms with Crippen molar-refractivity contribution in [3.63, 3.8) is 0 Å². The Morgan fingerprint density at radius 2 is 1.96 bits per heavy atom. The predicted octanol–water partition coefficient (Wildman–Crippen LogP) is 3.02. The van der Waals surface area contributed by atoms with Crippen molar-refractivity contribution in [2.24, 2.45) is 0 Å². The molecule has 2 aromatic rings. The molecule has 2 aromatic carbocycles. The van der Waals surface area contributed by atoms with Crippen LogP contribution in [0.4, 0.5) is 11.4 Å². The third-order valence-corrected chi connectivity index (χ3v) is 5.68. The lowest BCUT2D eigenvalue weighted by molar-refractivity contribution is -0.384. The van der Waals surface area contributed by atoms with E-state index < -0.39 is 27.5 Å². The van der Waals surface area contributed by atoms with E-state index in [1.165, 1.54) is 43.5 Å². The molecule has 0 bridgehead atoms. The minimum Gasteiger partial charge on any atom is -0.495 e. The average molecular weight is 429 g/mol. The lowest BCUT2D eigenvalue weighted by Crippen LogP contribution is -2.36. The number of hydrogen-bond acceptors (Lipinski definition) is 7. The van der Waals surface area contributed by atoms with Crippen LogP contribution in [0.3, 0.4) is 0 Å². The molecule has 0 atom stereocenters. The summed E-state index contributed by atoms with van der Waals surface area (Å²) < 4.78 is 36.9. The molecule has 0 spiro atoms. The van der Waals surface area contributed by atoms with E-state index in [1.54, 1.807) is 6.92 Å². The first-order chi connectivity index (χ1) is 13.2. The molecule has 0 aliphatic rings. The molecule has 0 heterocycles. The highest BCUT2D eigenvalue weighted by molar-refractivity contribution is 7.92. The fourth-order valence-corrected chi connectivity index (χ4v) is 4.09. The van der Waals surface area contributed by atoms with Gasteiger partial charge in [0, 0.05) is 12.1 Å². The minimum absolute atomic E-state index is 0.0516. The van der Waals surface area contributed by atoms with Gasteiger partial charge < -0.3 is 9.47 Å². The van der Waals surface area contributed by atoms with Crippen LogP contribution < -0.4 is 9.04 Å². The Morgan fingerprint density at radius 3 is 2.54 bits per heavy atom. The van der Waals surface area contributed by atoms with Gasteiger partial charge in [-0.05, 0) is 31.2 Å². The quantitative estimate of drug-likeness (QED) is 0.360. The number of esters is 1. The second kappa shape index (κ2) is 8.89. The highest BCUT2D eigenvalue weighted by Crippen LogP contribution is 2.31. The third kappa shape index (κ3) is 4.70. The monoisotopic (exact) mass is 428 g/mol. The molecule has 0 N–H and O–H groups in total. The van der Waals surface area contributed by atoms with Crippen LogP contribution in [0.25, 0.3) is 0 Å². The van der Waals surface area contributed by atoms with E-state index in [4.69, 9.17) is 21.1 Å². The SMILES string of the molecule is CCOC(=O)CN(c1cccc([N+](=O)[O-])c1)S(=O)(=O)c1ccc(OC)c(Cl)c1. The molecule has 11 heteroatoms. The van der Waals surface area contributed by atoms with Crippen LogP contribution in [0.2, 0.25) is 5.02 Å². The fraction of sp³-hybridized carbons (Fsp3) is 0.235. The second-order valence-corrected chi connectivity index (χ2v) is 7.66. The van der Waals surface area contributed by atoms with Gasteiger partial charge in [-0.15, -0.1) is 0 Å². The molecule has 0 aliphatic heterocycles. The number of rotatable bonds is 8. The summed E-state index contributed by atoms with van der Waals surface area (Å²) in [5.74, 6) is -0.537. The van der Waals surface area contributed by atoms with Crippen LogP contribution in [-0.2, 0) is 19.6 Å². The summed E-state index contributed by atoms with van der Waals surface area (Å²) in [6.45, 7) is 0.963. The van der Waals surface area contributed by atoms with Gasteiger partial charge in [0.05, 0.1) is 34.2 Å². The topological polar surface area (TPSA) is 116 Å². The van der Waals surface area contributed by atoms with Gasteiger partial charge >= 0.3 is 5.97 Å². The van der Waals surface area contributed by atoms with E-state index in [9.17, 15) is 23.3 Å². The van der Waals surface area contributed by atoms with Crippen molar-refractivity contribution in [1.82, 2.24) is 0 Å². The Kier molecular flexibility index (Phi) is 6.81. The molecule has 0 radical (unpaired) electrons. The molecular formula is C17H17ClN2O7S. The van der Waals surface area contributed by atoms with Gasteiger partial charge in [0.1, 0.15) is 12.3 Å². The van der Waals surface area contributed by atoms with E-state index in [0.29, 0.717) is 0 Å². The number of carbonyl (C=O) groups is 1. The smallest absolute Gasteiger partial charge is 0.326 e. The van der Waals surface area contributed by atoms with Crippen molar-refractivity contribution in [1.29, 1.82) is 0 Å². The van der Waals surface area contributed by atoms with E-state index in [0.717, 1.165) is 10.4 Å². The molecule has 0 saturated carbocycles. The summed E-state index contributed by atoms with van der Waals surface area (Å²) in [6.07, 6.45) is 0. The zero-order chi connectivity index (χ0) is 20.9. The van der Waals surface area contributed by atoms with Gasteiger partial charge in [-0.25, -0.2) is 8.42 Å². The van der Waals surface area contributed by atoms with Crippen molar-refractivity contribution >= 4 is 39.0 Å². The maximum absolute atomic E-state index is 13.2. The highest BCUT2D eigenvalue weighted by atomic mass is 35.5. The van der Waals surface area contributed by atoms with Gasteiger partial charge in [0.25, 0.3) is 15.7 Å². The number of methoxy groups -OCH3 is 1. The van der Waals surface area contributed by atoms with Gasteiger partial charge in [-0.1, -0.05) is 17.7 Å². The Hall–Kier alpha value is -2.85. The lowest BCUT2D eigenvalue weighted by atomic mass is 10.3. The number of non-ortho nitro benzene ring substituents is 1. The standard InChI is InChI=1S/C17H17ClN2O7S/c1-3-27-17(21)11-19(12-5-4-6-13(9-12)20(22)23)28(24,25)14-7-8-16(26-2)15(18)10-14/h4-10H,3,11H2,1-2H3. The Labute approximate surface area is 166 Å². The number of halogens is 1. The number of anilines is 1. The summed E-state index contributed by atoms with van der Waals surface area (Å²) in [4.78, 5) is 22.2. The molecule has 150 valence electrons. The fourth-order valence-electron chi connectivity index (χ4n) is 2.34. The maximum atomic E-state index is 13.2. The van der Waals surface area contributed by atoms with Crippen molar-refractivity contribution < 1.29 is 27.6 Å². The molecule has 0 unspecified atom stereocenters. The normalized spacial score (nSPS) is 11.0. The van der Waals surface area contributed by atoms with Crippen LogP contribution in [-0.4, -0.2) is 39.6 Å². The first-order valence-electron chi connectivity index (χ1n) is 7.97. The first-order valence-corrected chi connectivity index (χ1v) is 9.78. The van der Waals surface area contributed by atoms with E-state index in [1.807, 2.05) is 0 Å². The summed E-state index contributed by atoms with van der Waals surface area (Å²) >= 11 is 6.02. The van der Waals surface area contributed by atoms with Crippen molar-refractivity contribution in [3.8, 4) is 5.75 Å². The van der Waals surface area contributed by atoms with Gasteiger partial charge in [0.2, 0.25) is 0 Å². The highest BCUT2D eigenvalue weighted by Gasteiger charge is 2.29. The van der Waals surface area contributed by atoms with Crippen molar-refractivity contribution in [2.45, 2.75) is 11.8 Å². The summed E-state index contributed by atoms with van der Waals surface area (Å²) in [5, 5.41) is 11.1. The zero-order valence-electron chi connectivity index (χ0n) is 15.0. The van der Waals surface area contributed by atoms with Gasteiger partial charge in [0.15, 0.2) is 0 Å². The number of sulfonamides is 1. The molecule has 2 rings (SSSR count). The summed E-state index contributed by atoms with van der Waals surface area (Å²) in [6, 6.07) is 8.73. The van der Waals surface area contributed by atoms with E-state index in [-0.39, 0.29) is 33.6 Å². The number of benzene rings is 2. The number of nitro benzene ring substituents is 1. The van der Waals surface area contributed by atoms with Crippen LogP contribution in [0.5, 0.6) is 5.75 Å². The molecule has 0 aromatic heterocycles. The van der Waals surface area contributed by atoms with Gasteiger partial charge in [-0.2, -0.15) is 0 Å². The molecule has 0 amide bonds. The molecule has 28 heavy (non-hydrogen) atoms. The van der Waals surface area contributed by atoms with E-state index in [2.05, 4.69) is 0 Å². The number of nitro groups is 1. The largest absolute Gasteiger partial charge is 0.495 e. The minimum atomic E-state index is -4.29. The van der Waals surface area contributed by atoms with E-state index >= 15 is 0 Å². The molecule has 0 fully saturated rings. The number of nitrogens with zero attached hydrogens (tertiary/aromatic N) is 2. The van der Waals surface area contributed by atoms with Crippen LogP contribution in [0, 0.1) is 10.1 Å². The summed E-state index contributed by atoms with van der Waals surface area (Å²) in [5.41, 5.74) is -0.386. The average Bonchev–Trinajstić information content (AvgIpc) is 2.66. The molecule has 0 saturated heterocycles. The van der Waals surface area contributed by atoms with Gasteiger partial charge in [-0.3, -0.25) is 19.2 Å². The zero-order valence-corrected chi connectivity index (χ0v) is 16.6.